The fraction of sp³-hybridized carbons (Fsp3) is 0.286. The molecule has 0 atom stereocenters. The van der Waals surface area contributed by atoms with Gasteiger partial charge < -0.3 is 9.13 Å². The minimum Gasteiger partial charge on any atom is -0.337 e. The first-order valence-corrected chi connectivity index (χ1v) is 7.79. The van der Waals surface area contributed by atoms with Gasteiger partial charge in [0, 0.05) is 37.8 Å². The Hall–Kier alpha value is -1.40. The summed E-state index contributed by atoms with van der Waals surface area (Å²) in [5, 5.41) is 0. The minimum atomic E-state index is -0.318. The number of imidazole rings is 2. The highest BCUT2D eigenvalue weighted by Crippen LogP contribution is 2.25. The molecule has 0 unspecified atom stereocenters. The SMILES string of the molecule is Cn1ccnc1Cn1c(CCCl)nc2cc(F)c(Br)cc21. The Labute approximate surface area is 134 Å². The number of nitrogens with zero attached hydrogens (tertiary/aromatic N) is 4. The number of aromatic nitrogens is 4. The highest BCUT2D eigenvalue weighted by Gasteiger charge is 2.14. The number of benzene rings is 1. The molecule has 0 spiro atoms. The molecule has 0 amide bonds. The van der Waals surface area contributed by atoms with Crippen LogP contribution in [0, 0.1) is 5.82 Å². The Balaban J connectivity index is 2.15. The monoisotopic (exact) mass is 370 g/mol. The maximum Gasteiger partial charge on any atom is 0.139 e. The minimum absolute atomic E-state index is 0.318. The van der Waals surface area contributed by atoms with E-state index >= 15 is 0 Å². The number of alkyl halides is 1. The summed E-state index contributed by atoms with van der Waals surface area (Å²) in [5.41, 5.74) is 1.50. The summed E-state index contributed by atoms with van der Waals surface area (Å²) in [6.45, 7) is 0.574. The summed E-state index contributed by atoms with van der Waals surface area (Å²) in [6, 6.07) is 3.18. The van der Waals surface area contributed by atoms with Gasteiger partial charge in [-0.05, 0) is 22.0 Å². The number of fused-ring (bicyclic) bond motifs is 1. The molecule has 0 saturated heterocycles. The van der Waals surface area contributed by atoms with Crippen LogP contribution in [0.15, 0.2) is 29.0 Å². The molecule has 7 heteroatoms. The van der Waals surface area contributed by atoms with E-state index in [9.17, 15) is 4.39 Å². The smallest absolute Gasteiger partial charge is 0.139 e. The molecule has 0 saturated carbocycles. The van der Waals surface area contributed by atoms with Gasteiger partial charge in [0.25, 0.3) is 0 Å². The van der Waals surface area contributed by atoms with E-state index < -0.39 is 0 Å². The van der Waals surface area contributed by atoms with E-state index in [2.05, 4.69) is 25.9 Å². The van der Waals surface area contributed by atoms with Crippen molar-refractivity contribution in [1.29, 1.82) is 0 Å². The normalized spacial score (nSPS) is 11.4. The Bertz CT molecular complexity index is 796. The molecule has 3 rings (SSSR count). The van der Waals surface area contributed by atoms with Gasteiger partial charge >= 0.3 is 0 Å². The fourth-order valence-corrected chi connectivity index (χ4v) is 2.81. The van der Waals surface area contributed by atoms with Crippen molar-refractivity contribution in [3.63, 3.8) is 0 Å². The lowest BCUT2D eigenvalue weighted by atomic mass is 10.3. The third-order valence-corrected chi connectivity index (χ3v) is 4.20. The second-order valence-corrected chi connectivity index (χ2v) is 5.99. The summed E-state index contributed by atoms with van der Waals surface area (Å²) in [7, 11) is 1.94. The third kappa shape index (κ3) is 2.70. The van der Waals surface area contributed by atoms with Crippen LogP contribution in [0.4, 0.5) is 4.39 Å². The summed E-state index contributed by atoms with van der Waals surface area (Å²) in [5.74, 6) is 1.89. The van der Waals surface area contributed by atoms with Crippen molar-refractivity contribution in [2.75, 3.05) is 5.88 Å². The largest absolute Gasteiger partial charge is 0.337 e. The van der Waals surface area contributed by atoms with Gasteiger partial charge in [0.1, 0.15) is 17.5 Å². The number of halogens is 3. The van der Waals surface area contributed by atoms with Crippen molar-refractivity contribution in [3.8, 4) is 0 Å². The van der Waals surface area contributed by atoms with Crippen molar-refractivity contribution in [1.82, 2.24) is 19.1 Å². The molecule has 3 aromatic rings. The molecule has 2 heterocycles. The maximum absolute atomic E-state index is 13.7. The molecule has 0 aliphatic heterocycles. The Morgan fingerprint density at radius 2 is 2.14 bits per heavy atom. The van der Waals surface area contributed by atoms with E-state index in [1.54, 1.807) is 12.3 Å². The summed E-state index contributed by atoms with van der Waals surface area (Å²) >= 11 is 9.08. The molecule has 0 aliphatic rings. The van der Waals surface area contributed by atoms with Crippen molar-refractivity contribution in [2.45, 2.75) is 13.0 Å². The van der Waals surface area contributed by atoms with Crippen LogP contribution in [0.5, 0.6) is 0 Å². The zero-order chi connectivity index (χ0) is 15.0. The third-order valence-electron chi connectivity index (χ3n) is 3.41. The van der Waals surface area contributed by atoms with E-state index in [1.807, 2.05) is 22.4 Å². The molecule has 1 aromatic carbocycles. The first-order valence-electron chi connectivity index (χ1n) is 6.46. The predicted octanol–water partition coefficient (Wildman–Crippen LogP) is 3.50. The van der Waals surface area contributed by atoms with Gasteiger partial charge in [-0.1, -0.05) is 0 Å². The average molecular weight is 372 g/mol. The molecule has 0 bridgehead atoms. The molecule has 21 heavy (non-hydrogen) atoms. The van der Waals surface area contributed by atoms with Crippen molar-refractivity contribution in [3.05, 3.63) is 46.5 Å². The van der Waals surface area contributed by atoms with Gasteiger partial charge in [-0.25, -0.2) is 14.4 Å². The van der Waals surface area contributed by atoms with Crippen molar-refractivity contribution in [2.24, 2.45) is 7.05 Å². The molecular weight excluding hydrogens is 359 g/mol. The molecule has 110 valence electrons. The molecular formula is C14H13BrClFN4. The van der Waals surface area contributed by atoms with Gasteiger partial charge in [0.2, 0.25) is 0 Å². The lowest BCUT2D eigenvalue weighted by Crippen LogP contribution is -2.09. The van der Waals surface area contributed by atoms with Crippen molar-refractivity contribution >= 4 is 38.6 Å². The highest BCUT2D eigenvalue weighted by molar-refractivity contribution is 9.10. The van der Waals surface area contributed by atoms with Gasteiger partial charge in [0.05, 0.1) is 22.1 Å². The summed E-state index contributed by atoms with van der Waals surface area (Å²) in [4.78, 5) is 8.83. The van der Waals surface area contributed by atoms with E-state index in [1.165, 1.54) is 6.07 Å². The molecule has 2 aromatic heterocycles. The van der Waals surface area contributed by atoms with Gasteiger partial charge in [-0.15, -0.1) is 11.6 Å². The lowest BCUT2D eigenvalue weighted by Gasteiger charge is -2.09. The van der Waals surface area contributed by atoms with Gasteiger partial charge in [0.15, 0.2) is 0 Å². The average Bonchev–Trinajstić information content (AvgIpc) is 2.98. The number of hydrogen-bond donors (Lipinski definition) is 0. The molecule has 0 N–H and O–H groups in total. The molecule has 0 fully saturated rings. The summed E-state index contributed by atoms with van der Waals surface area (Å²) in [6.07, 6.45) is 4.27. The number of hydrogen-bond acceptors (Lipinski definition) is 2. The van der Waals surface area contributed by atoms with Crippen LogP contribution >= 0.6 is 27.5 Å². The fourth-order valence-electron chi connectivity index (χ4n) is 2.31. The van der Waals surface area contributed by atoms with E-state index in [4.69, 9.17) is 11.6 Å². The topological polar surface area (TPSA) is 35.6 Å². The maximum atomic E-state index is 13.7. The van der Waals surface area contributed by atoms with Crippen LogP contribution in [-0.4, -0.2) is 25.0 Å². The van der Waals surface area contributed by atoms with Crippen LogP contribution in [0.1, 0.15) is 11.6 Å². The van der Waals surface area contributed by atoms with Crippen LogP contribution in [-0.2, 0) is 20.0 Å². The standard InChI is InChI=1S/C14H13BrClFN4/c1-20-5-4-18-14(20)8-21-12-6-9(15)10(17)7-11(12)19-13(21)2-3-16/h4-7H,2-3,8H2,1H3. The van der Waals surface area contributed by atoms with E-state index in [-0.39, 0.29) is 5.82 Å². The number of rotatable bonds is 4. The zero-order valence-corrected chi connectivity index (χ0v) is 13.7. The van der Waals surface area contributed by atoms with Gasteiger partial charge in [-0.3, -0.25) is 0 Å². The predicted molar refractivity (Wildman–Crippen MR) is 84.1 cm³/mol. The number of aryl methyl sites for hydroxylation is 2. The Kier molecular flexibility index (Phi) is 3.99. The first kappa shape index (κ1) is 14.5. The quantitative estimate of drug-likeness (QED) is 0.658. The van der Waals surface area contributed by atoms with Crippen LogP contribution in [0.2, 0.25) is 0 Å². The second kappa shape index (κ2) is 5.77. The molecule has 0 aliphatic carbocycles. The van der Waals surface area contributed by atoms with E-state index in [0.717, 1.165) is 17.2 Å². The zero-order valence-electron chi connectivity index (χ0n) is 11.4. The summed E-state index contributed by atoms with van der Waals surface area (Å²) < 4.78 is 18.1. The lowest BCUT2D eigenvalue weighted by molar-refractivity contribution is 0.622. The van der Waals surface area contributed by atoms with E-state index in [0.29, 0.717) is 28.8 Å². The first-order chi connectivity index (χ1) is 10.1. The van der Waals surface area contributed by atoms with Gasteiger partial charge in [-0.2, -0.15) is 0 Å². The Morgan fingerprint density at radius 3 is 2.81 bits per heavy atom. The van der Waals surface area contributed by atoms with Crippen LogP contribution < -0.4 is 0 Å². The molecule has 0 radical (unpaired) electrons. The van der Waals surface area contributed by atoms with Crippen molar-refractivity contribution < 1.29 is 4.39 Å². The second-order valence-electron chi connectivity index (χ2n) is 4.76. The van der Waals surface area contributed by atoms with Crippen LogP contribution in [0.25, 0.3) is 11.0 Å². The molecule has 4 nitrogen and oxygen atoms in total. The Morgan fingerprint density at radius 1 is 1.33 bits per heavy atom. The van der Waals surface area contributed by atoms with Crippen LogP contribution in [0.3, 0.4) is 0 Å². The highest BCUT2D eigenvalue weighted by atomic mass is 79.9.